The molecule has 0 aromatic rings. The highest BCUT2D eigenvalue weighted by molar-refractivity contribution is 5.77. The van der Waals surface area contributed by atoms with Gasteiger partial charge < -0.3 is 24.8 Å². The first-order chi connectivity index (χ1) is 11.5. The minimum absolute atomic E-state index is 0.0517. The van der Waals surface area contributed by atoms with Crippen LogP contribution in [-0.4, -0.2) is 86.2 Å². The first-order valence-electron chi connectivity index (χ1n) is 8.79. The number of carbonyl (C=O) groups excluding carboxylic acids is 3. The second-order valence-electron chi connectivity index (χ2n) is 6.46. The first kappa shape index (κ1) is 18.5. The van der Waals surface area contributed by atoms with Crippen molar-refractivity contribution in [3.05, 3.63) is 0 Å². The fourth-order valence-corrected chi connectivity index (χ4v) is 3.24. The highest BCUT2D eigenvalue weighted by atomic mass is 16.6. The third-order valence-electron chi connectivity index (χ3n) is 4.71. The highest BCUT2D eigenvalue weighted by Gasteiger charge is 2.27. The predicted molar refractivity (Wildman–Crippen MR) is 87.6 cm³/mol. The molecule has 2 aliphatic heterocycles. The molecule has 2 rings (SSSR count). The topological polar surface area (TPSA) is 83.4 Å². The fraction of sp³-hybridized carbons (Fsp3) is 0.812. The summed E-state index contributed by atoms with van der Waals surface area (Å²) in [6, 6.07) is 0.126. The summed E-state index contributed by atoms with van der Waals surface area (Å²) < 4.78 is 4.99. The number of likely N-dealkylation sites (tertiary alicyclic amines) is 1. The van der Waals surface area contributed by atoms with Gasteiger partial charge in [-0.1, -0.05) is 0 Å². The predicted octanol–water partition coefficient (Wildman–Crippen LogP) is -1.53. The van der Waals surface area contributed by atoms with Crippen LogP contribution in [0.1, 0.15) is 26.7 Å². The van der Waals surface area contributed by atoms with Gasteiger partial charge in [0.1, 0.15) is 0 Å². The number of rotatable bonds is 4. The average Bonchev–Trinajstić information content (AvgIpc) is 2.56. The number of piperidine rings is 1. The number of quaternary nitrogens is 1. The van der Waals surface area contributed by atoms with Crippen molar-refractivity contribution in [2.75, 3.05) is 52.4 Å². The normalized spacial score (nSPS) is 19.9. The molecule has 0 bridgehead atoms. The molecule has 24 heavy (non-hydrogen) atoms. The standard InChI is InChI=1S/C16H28N4O4/c1-3-24-16(23)20-6-4-14(5-7-20)17-15(22)12-18-8-10-19(11-9-18)13(2)21/h14H,3-12H2,1-2H3,(H,17,22)/p+1. The van der Waals surface area contributed by atoms with E-state index in [9.17, 15) is 14.4 Å². The van der Waals surface area contributed by atoms with Crippen LogP contribution in [0.3, 0.4) is 0 Å². The molecule has 3 amide bonds. The summed E-state index contributed by atoms with van der Waals surface area (Å²) in [5.41, 5.74) is 0. The Balaban J connectivity index is 1.65. The number of nitrogens with zero attached hydrogens (tertiary/aromatic N) is 2. The van der Waals surface area contributed by atoms with Gasteiger partial charge in [0.05, 0.1) is 32.8 Å². The number of amides is 3. The third kappa shape index (κ3) is 5.36. The summed E-state index contributed by atoms with van der Waals surface area (Å²) in [6.07, 6.45) is 1.26. The molecular formula is C16H29N4O4+. The third-order valence-corrected chi connectivity index (χ3v) is 4.71. The number of nitrogens with one attached hydrogen (secondary N) is 2. The number of hydrogen-bond donors (Lipinski definition) is 2. The summed E-state index contributed by atoms with van der Waals surface area (Å²) in [7, 11) is 0. The van der Waals surface area contributed by atoms with Crippen LogP contribution in [0.2, 0.25) is 0 Å². The number of piperazine rings is 1. The molecule has 0 saturated carbocycles. The monoisotopic (exact) mass is 341 g/mol. The van der Waals surface area contributed by atoms with Crippen LogP contribution < -0.4 is 10.2 Å². The van der Waals surface area contributed by atoms with Crippen LogP contribution in [0.15, 0.2) is 0 Å². The lowest BCUT2D eigenvalue weighted by Gasteiger charge is -2.33. The van der Waals surface area contributed by atoms with Crippen molar-refractivity contribution in [2.24, 2.45) is 0 Å². The molecule has 0 unspecified atom stereocenters. The van der Waals surface area contributed by atoms with E-state index in [1.165, 1.54) is 4.90 Å². The molecule has 0 spiro atoms. The zero-order chi connectivity index (χ0) is 17.5. The van der Waals surface area contributed by atoms with Gasteiger partial charge in [-0.3, -0.25) is 9.59 Å². The molecule has 0 aromatic carbocycles. The van der Waals surface area contributed by atoms with Gasteiger partial charge in [-0.05, 0) is 19.8 Å². The maximum atomic E-state index is 12.2. The molecule has 2 N–H and O–H groups in total. The average molecular weight is 341 g/mol. The van der Waals surface area contributed by atoms with Gasteiger partial charge in [-0.2, -0.15) is 0 Å². The lowest BCUT2D eigenvalue weighted by molar-refractivity contribution is -0.896. The van der Waals surface area contributed by atoms with Gasteiger partial charge in [0.2, 0.25) is 5.91 Å². The summed E-state index contributed by atoms with van der Waals surface area (Å²) >= 11 is 0. The smallest absolute Gasteiger partial charge is 0.409 e. The molecular weight excluding hydrogens is 312 g/mol. The second kappa shape index (κ2) is 8.86. The Morgan fingerprint density at radius 2 is 1.71 bits per heavy atom. The van der Waals surface area contributed by atoms with Crippen molar-refractivity contribution in [2.45, 2.75) is 32.7 Å². The van der Waals surface area contributed by atoms with Crippen molar-refractivity contribution >= 4 is 17.9 Å². The zero-order valence-electron chi connectivity index (χ0n) is 14.7. The lowest BCUT2D eigenvalue weighted by Crippen LogP contribution is -3.15. The van der Waals surface area contributed by atoms with E-state index < -0.39 is 0 Å². The SMILES string of the molecule is CCOC(=O)N1CCC(NC(=O)C[NH+]2CCN(C(C)=O)CC2)CC1. The number of hydrogen-bond acceptors (Lipinski definition) is 4. The van der Waals surface area contributed by atoms with Crippen LogP contribution in [-0.2, 0) is 14.3 Å². The lowest BCUT2D eigenvalue weighted by atomic mass is 10.1. The first-order valence-corrected chi connectivity index (χ1v) is 8.79. The molecule has 2 aliphatic rings. The highest BCUT2D eigenvalue weighted by Crippen LogP contribution is 2.11. The van der Waals surface area contributed by atoms with Gasteiger partial charge in [-0.15, -0.1) is 0 Å². The molecule has 0 radical (unpaired) electrons. The van der Waals surface area contributed by atoms with Crippen molar-refractivity contribution in [3.8, 4) is 0 Å². The molecule has 2 fully saturated rings. The summed E-state index contributed by atoms with van der Waals surface area (Å²) in [6.45, 7) is 8.51. The van der Waals surface area contributed by atoms with Crippen LogP contribution in [0.25, 0.3) is 0 Å². The van der Waals surface area contributed by atoms with Crippen LogP contribution in [0.4, 0.5) is 4.79 Å². The van der Waals surface area contributed by atoms with Crippen molar-refractivity contribution in [3.63, 3.8) is 0 Å². The number of carbonyl (C=O) groups is 3. The van der Waals surface area contributed by atoms with E-state index in [0.29, 0.717) is 26.2 Å². The Kier molecular flexibility index (Phi) is 6.84. The van der Waals surface area contributed by atoms with E-state index in [-0.39, 0.29) is 23.9 Å². The van der Waals surface area contributed by atoms with Crippen molar-refractivity contribution in [1.82, 2.24) is 15.1 Å². The van der Waals surface area contributed by atoms with Gasteiger partial charge in [0.15, 0.2) is 6.54 Å². The van der Waals surface area contributed by atoms with Gasteiger partial charge >= 0.3 is 6.09 Å². The molecule has 8 nitrogen and oxygen atoms in total. The zero-order valence-corrected chi connectivity index (χ0v) is 14.7. The van der Waals surface area contributed by atoms with Crippen LogP contribution >= 0.6 is 0 Å². The molecule has 136 valence electrons. The van der Waals surface area contributed by atoms with E-state index in [2.05, 4.69) is 5.32 Å². The molecule has 2 saturated heterocycles. The minimum atomic E-state index is -0.268. The van der Waals surface area contributed by atoms with Crippen molar-refractivity contribution in [1.29, 1.82) is 0 Å². The van der Waals surface area contributed by atoms with Crippen LogP contribution in [0.5, 0.6) is 0 Å². The second-order valence-corrected chi connectivity index (χ2v) is 6.46. The molecule has 0 atom stereocenters. The van der Waals surface area contributed by atoms with Gasteiger partial charge in [0, 0.05) is 26.1 Å². The van der Waals surface area contributed by atoms with E-state index >= 15 is 0 Å². The maximum Gasteiger partial charge on any atom is 0.409 e. The maximum absolute atomic E-state index is 12.2. The van der Waals surface area contributed by atoms with Crippen LogP contribution in [0, 0.1) is 0 Å². The largest absolute Gasteiger partial charge is 0.450 e. The Labute approximate surface area is 143 Å². The minimum Gasteiger partial charge on any atom is -0.450 e. The Bertz CT molecular complexity index is 455. The Morgan fingerprint density at radius 3 is 2.25 bits per heavy atom. The van der Waals surface area contributed by atoms with E-state index in [1.54, 1.807) is 18.7 Å². The van der Waals surface area contributed by atoms with E-state index in [1.807, 2.05) is 4.90 Å². The van der Waals surface area contributed by atoms with Gasteiger partial charge in [-0.25, -0.2) is 4.79 Å². The molecule has 0 aliphatic carbocycles. The molecule has 0 aromatic heterocycles. The summed E-state index contributed by atoms with van der Waals surface area (Å²) in [5, 5.41) is 3.07. The summed E-state index contributed by atoms with van der Waals surface area (Å²) in [4.78, 5) is 39.9. The van der Waals surface area contributed by atoms with Gasteiger partial charge in [0.25, 0.3) is 5.91 Å². The summed E-state index contributed by atoms with van der Waals surface area (Å²) in [5.74, 6) is 0.155. The Hall–Kier alpha value is -1.83. The van der Waals surface area contributed by atoms with E-state index in [0.717, 1.165) is 39.0 Å². The molecule has 8 heteroatoms. The van der Waals surface area contributed by atoms with Crippen molar-refractivity contribution < 1.29 is 24.0 Å². The molecule has 2 heterocycles. The fourth-order valence-electron chi connectivity index (χ4n) is 3.24. The quantitative estimate of drug-likeness (QED) is 0.650. The Morgan fingerprint density at radius 1 is 1.08 bits per heavy atom. The number of ether oxygens (including phenoxy) is 1. The van der Waals surface area contributed by atoms with E-state index in [4.69, 9.17) is 4.74 Å².